The molecular weight excluding hydrogens is 192 g/mol. The van der Waals surface area contributed by atoms with Gasteiger partial charge in [-0.3, -0.25) is 4.79 Å². The summed E-state index contributed by atoms with van der Waals surface area (Å²) in [5.74, 6) is -0.117. The number of ether oxygens (including phenoxy) is 1. The highest BCUT2D eigenvalue weighted by atomic mass is 16.5. The molecule has 4 nitrogen and oxygen atoms in total. The van der Waals surface area contributed by atoms with E-state index in [0.717, 1.165) is 0 Å². The predicted molar refractivity (Wildman–Crippen MR) is 61.5 cm³/mol. The molecule has 0 aliphatic rings. The molecular formula is C11H24N2O2. The van der Waals surface area contributed by atoms with Crippen LogP contribution in [0.1, 0.15) is 34.6 Å². The summed E-state index contributed by atoms with van der Waals surface area (Å²) in [5, 5.41) is 2.78. The fourth-order valence-corrected chi connectivity index (χ4v) is 1.09. The maximum absolute atomic E-state index is 11.6. The number of rotatable bonds is 5. The van der Waals surface area contributed by atoms with Crippen LogP contribution in [0.25, 0.3) is 0 Å². The molecule has 4 heteroatoms. The number of nitrogens with two attached hydrogens (primary N) is 1. The minimum absolute atomic E-state index is 0.0334. The van der Waals surface area contributed by atoms with Crippen LogP contribution in [0, 0.1) is 5.41 Å². The molecule has 15 heavy (non-hydrogen) atoms. The van der Waals surface area contributed by atoms with Gasteiger partial charge in [-0.2, -0.15) is 0 Å². The van der Waals surface area contributed by atoms with E-state index in [0.29, 0.717) is 13.2 Å². The lowest BCUT2D eigenvalue weighted by Crippen LogP contribution is -2.50. The van der Waals surface area contributed by atoms with E-state index in [9.17, 15) is 4.79 Å². The minimum atomic E-state index is -0.480. The molecule has 0 fully saturated rings. The van der Waals surface area contributed by atoms with Crippen LogP contribution in [-0.4, -0.2) is 31.2 Å². The number of carbonyl (C=O) groups is 1. The molecule has 1 unspecified atom stereocenters. The fraction of sp³-hybridized carbons (Fsp3) is 0.909. The van der Waals surface area contributed by atoms with Gasteiger partial charge in [0.2, 0.25) is 5.91 Å². The number of carbonyl (C=O) groups excluding carboxylic acids is 1. The molecule has 90 valence electrons. The Balaban J connectivity index is 3.94. The third-order valence-corrected chi connectivity index (χ3v) is 2.23. The third-order valence-electron chi connectivity index (χ3n) is 2.23. The van der Waals surface area contributed by atoms with Crippen LogP contribution in [0.5, 0.6) is 0 Å². The molecule has 1 amide bonds. The first kappa shape index (κ1) is 14.4. The average Bonchev–Trinajstić information content (AvgIpc) is 2.12. The van der Waals surface area contributed by atoms with Gasteiger partial charge in [-0.1, -0.05) is 20.8 Å². The lowest BCUT2D eigenvalue weighted by atomic mass is 9.87. The Labute approximate surface area is 92.6 Å². The van der Waals surface area contributed by atoms with Crippen molar-refractivity contribution in [1.82, 2.24) is 5.32 Å². The Hall–Kier alpha value is -0.610. The summed E-state index contributed by atoms with van der Waals surface area (Å²) < 4.78 is 5.30. The topological polar surface area (TPSA) is 64.3 Å². The van der Waals surface area contributed by atoms with Crippen molar-refractivity contribution in [2.45, 2.75) is 46.8 Å². The second-order valence-corrected chi connectivity index (χ2v) is 4.85. The van der Waals surface area contributed by atoms with Crippen molar-refractivity contribution in [2.75, 3.05) is 13.2 Å². The van der Waals surface area contributed by atoms with E-state index in [2.05, 4.69) is 5.32 Å². The van der Waals surface area contributed by atoms with E-state index in [1.54, 1.807) is 0 Å². The third kappa shape index (κ3) is 5.74. The zero-order chi connectivity index (χ0) is 12.1. The van der Waals surface area contributed by atoms with E-state index < -0.39 is 6.04 Å². The van der Waals surface area contributed by atoms with E-state index in [4.69, 9.17) is 10.5 Å². The lowest BCUT2D eigenvalue weighted by molar-refractivity contribution is -0.125. The number of hydrogen-bond donors (Lipinski definition) is 2. The number of hydrogen-bond acceptors (Lipinski definition) is 3. The molecule has 0 spiro atoms. The zero-order valence-electron chi connectivity index (χ0n) is 10.5. The molecule has 0 rings (SSSR count). The van der Waals surface area contributed by atoms with Crippen molar-refractivity contribution in [3.63, 3.8) is 0 Å². The summed E-state index contributed by atoms with van der Waals surface area (Å²) in [4.78, 5) is 11.6. The molecule has 0 heterocycles. The molecule has 0 bridgehead atoms. The second-order valence-electron chi connectivity index (χ2n) is 4.85. The Kier molecular flexibility index (Phi) is 5.83. The van der Waals surface area contributed by atoms with Gasteiger partial charge in [0.15, 0.2) is 0 Å². The predicted octanol–water partition coefficient (Wildman–Crippen LogP) is 0.901. The SMILES string of the molecule is CCOC(C)CNC(=O)[C@H](N)C(C)(C)C. The summed E-state index contributed by atoms with van der Waals surface area (Å²) in [6.07, 6.45) is 0.0334. The summed E-state index contributed by atoms with van der Waals surface area (Å²) in [6, 6.07) is -0.480. The standard InChI is InChI=1S/C11H24N2O2/c1-6-15-8(2)7-13-10(14)9(12)11(3,4)5/h8-9H,6-7,12H2,1-5H3,(H,13,14)/t8?,9-/m0/s1. The molecule has 0 aliphatic heterocycles. The van der Waals surface area contributed by atoms with Gasteiger partial charge in [-0.25, -0.2) is 0 Å². The van der Waals surface area contributed by atoms with Crippen LogP contribution >= 0.6 is 0 Å². The van der Waals surface area contributed by atoms with Gasteiger partial charge in [0.25, 0.3) is 0 Å². The second kappa shape index (κ2) is 6.08. The van der Waals surface area contributed by atoms with E-state index in [1.807, 2.05) is 34.6 Å². The summed E-state index contributed by atoms with van der Waals surface area (Å²) in [6.45, 7) is 10.9. The van der Waals surface area contributed by atoms with Crippen molar-refractivity contribution in [3.8, 4) is 0 Å². The minimum Gasteiger partial charge on any atom is -0.377 e. The van der Waals surface area contributed by atoms with Crippen molar-refractivity contribution in [1.29, 1.82) is 0 Å². The van der Waals surface area contributed by atoms with Gasteiger partial charge in [-0.05, 0) is 19.3 Å². The molecule has 0 saturated carbocycles. The van der Waals surface area contributed by atoms with Crippen LogP contribution in [0.3, 0.4) is 0 Å². The number of amides is 1. The first-order valence-electron chi connectivity index (χ1n) is 5.44. The van der Waals surface area contributed by atoms with Crippen molar-refractivity contribution >= 4 is 5.91 Å². The smallest absolute Gasteiger partial charge is 0.237 e. The summed E-state index contributed by atoms with van der Waals surface area (Å²) in [7, 11) is 0. The van der Waals surface area contributed by atoms with Crippen molar-refractivity contribution in [2.24, 2.45) is 11.1 Å². The van der Waals surface area contributed by atoms with E-state index in [-0.39, 0.29) is 17.4 Å². The molecule has 2 atom stereocenters. The van der Waals surface area contributed by atoms with E-state index in [1.165, 1.54) is 0 Å². The molecule has 0 saturated heterocycles. The van der Waals surface area contributed by atoms with Gasteiger partial charge in [-0.15, -0.1) is 0 Å². The highest BCUT2D eigenvalue weighted by Crippen LogP contribution is 2.16. The van der Waals surface area contributed by atoms with Gasteiger partial charge in [0.1, 0.15) is 0 Å². The van der Waals surface area contributed by atoms with Crippen LogP contribution in [0.4, 0.5) is 0 Å². The largest absolute Gasteiger partial charge is 0.377 e. The van der Waals surface area contributed by atoms with Gasteiger partial charge in [0, 0.05) is 13.2 Å². The molecule has 0 radical (unpaired) electrons. The normalized spacial score (nSPS) is 15.9. The van der Waals surface area contributed by atoms with Gasteiger partial charge < -0.3 is 15.8 Å². The molecule has 0 aliphatic carbocycles. The zero-order valence-corrected chi connectivity index (χ0v) is 10.5. The van der Waals surface area contributed by atoms with Crippen molar-refractivity contribution < 1.29 is 9.53 Å². The maximum atomic E-state index is 11.6. The molecule has 0 aromatic rings. The summed E-state index contributed by atoms with van der Waals surface area (Å²) in [5.41, 5.74) is 5.59. The molecule has 3 N–H and O–H groups in total. The van der Waals surface area contributed by atoms with Gasteiger partial charge >= 0.3 is 0 Å². The molecule has 0 aromatic carbocycles. The quantitative estimate of drug-likeness (QED) is 0.717. The highest BCUT2D eigenvalue weighted by molar-refractivity contribution is 5.82. The average molecular weight is 216 g/mol. The first-order chi connectivity index (χ1) is 6.79. The Morgan fingerprint density at radius 3 is 2.40 bits per heavy atom. The maximum Gasteiger partial charge on any atom is 0.237 e. The summed E-state index contributed by atoms with van der Waals surface area (Å²) >= 11 is 0. The van der Waals surface area contributed by atoms with Crippen LogP contribution in [0.15, 0.2) is 0 Å². The highest BCUT2D eigenvalue weighted by Gasteiger charge is 2.27. The Morgan fingerprint density at radius 1 is 1.47 bits per heavy atom. The Morgan fingerprint density at radius 2 is 2.00 bits per heavy atom. The Bertz CT molecular complexity index is 199. The monoisotopic (exact) mass is 216 g/mol. The van der Waals surface area contributed by atoms with Crippen LogP contribution in [-0.2, 0) is 9.53 Å². The van der Waals surface area contributed by atoms with Crippen LogP contribution in [0.2, 0.25) is 0 Å². The fourth-order valence-electron chi connectivity index (χ4n) is 1.09. The van der Waals surface area contributed by atoms with Crippen molar-refractivity contribution in [3.05, 3.63) is 0 Å². The van der Waals surface area contributed by atoms with Gasteiger partial charge in [0.05, 0.1) is 12.1 Å². The molecule has 0 aromatic heterocycles. The first-order valence-corrected chi connectivity index (χ1v) is 5.44. The van der Waals surface area contributed by atoms with E-state index >= 15 is 0 Å². The van der Waals surface area contributed by atoms with Crippen LogP contribution < -0.4 is 11.1 Å². The lowest BCUT2D eigenvalue weighted by Gasteiger charge is -2.26. The number of nitrogens with one attached hydrogen (secondary N) is 1.